The van der Waals surface area contributed by atoms with E-state index in [0.29, 0.717) is 5.65 Å². The molecule has 0 saturated heterocycles. The minimum Gasteiger partial charge on any atom is -0.473 e. The van der Waals surface area contributed by atoms with E-state index in [2.05, 4.69) is 4.98 Å². The number of rotatable bonds is 3. The van der Waals surface area contributed by atoms with E-state index in [1.807, 2.05) is 30.3 Å². The molecular formula is C13H11N3O2. The van der Waals surface area contributed by atoms with Crippen LogP contribution < -0.4 is 10.4 Å². The van der Waals surface area contributed by atoms with Crippen LogP contribution in [0.3, 0.4) is 0 Å². The minimum absolute atomic E-state index is 0.166. The smallest absolute Gasteiger partial charge is 0.336 e. The first-order valence-electron chi connectivity index (χ1n) is 5.55. The van der Waals surface area contributed by atoms with Crippen LogP contribution in [0.4, 0.5) is 0 Å². The largest absolute Gasteiger partial charge is 0.473 e. The summed E-state index contributed by atoms with van der Waals surface area (Å²) in [4.78, 5) is 16.1. The van der Waals surface area contributed by atoms with Gasteiger partial charge in [-0.3, -0.25) is 8.97 Å². The Balaban J connectivity index is 1.87. The number of nitrogens with zero attached hydrogens (tertiary/aromatic N) is 3. The highest BCUT2D eigenvalue weighted by molar-refractivity contribution is 5.35. The first kappa shape index (κ1) is 10.6. The molecule has 0 unspecified atom stereocenters. The number of aromatic nitrogens is 3. The van der Waals surface area contributed by atoms with Gasteiger partial charge in [-0.15, -0.1) is 0 Å². The molecule has 0 atom stereocenters. The highest BCUT2D eigenvalue weighted by Crippen LogP contribution is 2.08. The summed E-state index contributed by atoms with van der Waals surface area (Å²) < 4.78 is 8.50. The molecule has 0 N–H and O–H groups in total. The molecule has 2 heterocycles. The maximum Gasteiger partial charge on any atom is 0.336 e. The SMILES string of the molecule is O=c1n(COc2ccccc2)ccc2nccn12. The highest BCUT2D eigenvalue weighted by atomic mass is 16.5. The Bertz CT molecular complexity index is 716. The van der Waals surface area contributed by atoms with Crippen LogP contribution >= 0.6 is 0 Å². The molecule has 5 nitrogen and oxygen atoms in total. The summed E-state index contributed by atoms with van der Waals surface area (Å²) in [5.74, 6) is 0.732. The van der Waals surface area contributed by atoms with Crippen molar-refractivity contribution in [2.75, 3.05) is 0 Å². The average molecular weight is 241 g/mol. The number of benzene rings is 1. The molecule has 3 aromatic rings. The molecule has 5 heteroatoms. The van der Waals surface area contributed by atoms with E-state index >= 15 is 0 Å². The molecule has 0 radical (unpaired) electrons. The van der Waals surface area contributed by atoms with Crippen molar-refractivity contribution in [3.05, 3.63) is 65.5 Å². The number of para-hydroxylation sites is 1. The molecule has 0 saturated carbocycles. The fourth-order valence-corrected chi connectivity index (χ4v) is 1.72. The first-order valence-corrected chi connectivity index (χ1v) is 5.55. The lowest BCUT2D eigenvalue weighted by Gasteiger charge is -2.08. The van der Waals surface area contributed by atoms with Gasteiger partial charge in [0, 0.05) is 18.6 Å². The maximum atomic E-state index is 12.0. The Morgan fingerprint density at radius 1 is 1.11 bits per heavy atom. The zero-order valence-corrected chi connectivity index (χ0v) is 9.56. The van der Waals surface area contributed by atoms with E-state index in [0.717, 1.165) is 5.75 Å². The van der Waals surface area contributed by atoms with Crippen molar-refractivity contribution in [1.29, 1.82) is 0 Å². The normalized spacial score (nSPS) is 10.7. The Morgan fingerprint density at radius 3 is 2.78 bits per heavy atom. The molecule has 3 rings (SSSR count). The molecule has 2 aromatic heterocycles. The van der Waals surface area contributed by atoms with Crippen LogP contribution in [0.25, 0.3) is 5.65 Å². The van der Waals surface area contributed by atoms with Crippen molar-refractivity contribution in [3.63, 3.8) is 0 Å². The second-order valence-corrected chi connectivity index (χ2v) is 3.81. The number of hydrogen-bond donors (Lipinski definition) is 0. The molecule has 0 aliphatic rings. The third-order valence-corrected chi connectivity index (χ3v) is 2.64. The topological polar surface area (TPSA) is 48.5 Å². The van der Waals surface area contributed by atoms with Gasteiger partial charge in [0.1, 0.15) is 11.4 Å². The summed E-state index contributed by atoms with van der Waals surface area (Å²) in [6.45, 7) is 0.178. The molecular weight excluding hydrogens is 230 g/mol. The van der Waals surface area contributed by atoms with Crippen LogP contribution in [-0.4, -0.2) is 14.0 Å². The standard InChI is InChI=1S/C13H11N3O2/c17-13-15(8-6-12-14-7-9-16(12)13)10-18-11-4-2-1-3-5-11/h1-9H,10H2. The van der Waals surface area contributed by atoms with E-state index in [9.17, 15) is 4.79 Å². The van der Waals surface area contributed by atoms with Crippen molar-refractivity contribution < 1.29 is 4.74 Å². The van der Waals surface area contributed by atoms with E-state index < -0.39 is 0 Å². The van der Waals surface area contributed by atoms with Crippen LogP contribution in [0, 0.1) is 0 Å². The summed E-state index contributed by atoms with van der Waals surface area (Å²) in [5.41, 5.74) is 0.469. The summed E-state index contributed by atoms with van der Waals surface area (Å²) in [6, 6.07) is 11.2. The van der Waals surface area contributed by atoms with E-state index in [4.69, 9.17) is 4.74 Å². The van der Waals surface area contributed by atoms with Gasteiger partial charge in [-0.25, -0.2) is 9.78 Å². The van der Waals surface area contributed by atoms with Crippen LogP contribution in [0.5, 0.6) is 5.75 Å². The Morgan fingerprint density at radius 2 is 1.94 bits per heavy atom. The van der Waals surface area contributed by atoms with Crippen molar-refractivity contribution >= 4 is 5.65 Å². The fourth-order valence-electron chi connectivity index (χ4n) is 1.72. The van der Waals surface area contributed by atoms with Gasteiger partial charge in [0.25, 0.3) is 0 Å². The second-order valence-electron chi connectivity index (χ2n) is 3.81. The zero-order valence-electron chi connectivity index (χ0n) is 9.56. The predicted molar refractivity (Wildman–Crippen MR) is 66.5 cm³/mol. The zero-order chi connectivity index (χ0) is 12.4. The summed E-state index contributed by atoms with van der Waals surface area (Å²) >= 11 is 0. The van der Waals surface area contributed by atoms with Gasteiger partial charge in [0.15, 0.2) is 6.73 Å². The fraction of sp³-hybridized carbons (Fsp3) is 0.0769. The van der Waals surface area contributed by atoms with Gasteiger partial charge in [-0.1, -0.05) is 18.2 Å². The van der Waals surface area contributed by atoms with Crippen molar-refractivity contribution in [2.24, 2.45) is 0 Å². The molecule has 90 valence electrons. The summed E-state index contributed by atoms with van der Waals surface area (Å²) in [7, 11) is 0. The average Bonchev–Trinajstić information content (AvgIpc) is 2.88. The molecule has 1 aromatic carbocycles. The van der Waals surface area contributed by atoms with Crippen LogP contribution in [0.2, 0.25) is 0 Å². The number of fused-ring (bicyclic) bond motifs is 1. The van der Waals surface area contributed by atoms with E-state index in [-0.39, 0.29) is 12.4 Å². The molecule has 0 aliphatic carbocycles. The number of imidazole rings is 1. The van der Waals surface area contributed by atoms with Gasteiger partial charge in [-0.2, -0.15) is 0 Å². The van der Waals surface area contributed by atoms with Gasteiger partial charge in [0.05, 0.1) is 0 Å². The molecule has 0 spiro atoms. The third kappa shape index (κ3) is 1.86. The minimum atomic E-state index is -0.166. The summed E-state index contributed by atoms with van der Waals surface area (Å²) in [5, 5.41) is 0. The monoisotopic (exact) mass is 241 g/mol. The second kappa shape index (κ2) is 4.37. The molecule has 0 aliphatic heterocycles. The lowest BCUT2D eigenvalue weighted by molar-refractivity contribution is 0.229. The van der Waals surface area contributed by atoms with Crippen LogP contribution in [0.15, 0.2) is 59.8 Å². The van der Waals surface area contributed by atoms with Crippen molar-refractivity contribution in [2.45, 2.75) is 6.73 Å². The highest BCUT2D eigenvalue weighted by Gasteiger charge is 2.02. The Hall–Kier alpha value is -2.56. The number of ether oxygens (including phenoxy) is 1. The van der Waals surface area contributed by atoms with Crippen LogP contribution in [0.1, 0.15) is 0 Å². The molecule has 0 bridgehead atoms. The quantitative estimate of drug-likeness (QED) is 0.698. The van der Waals surface area contributed by atoms with Gasteiger partial charge < -0.3 is 4.74 Å². The third-order valence-electron chi connectivity index (χ3n) is 2.64. The molecule has 0 fully saturated rings. The van der Waals surface area contributed by atoms with Crippen LogP contribution in [-0.2, 0) is 6.73 Å². The lowest BCUT2D eigenvalue weighted by Crippen LogP contribution is -2.27. The van der Waals surface area contributed by atoms with Crippen molar-refractivity contribution in [3.8, 4) is 5.75 Å². The Kier molecular flexibility index (Phi) is 2.57. The van der Waals surface area contributed by atoms with Gasteiger partial charge in [-0.05, 0) is 18.2 Å². The maximum absolute atomic E-state index is 12.0. The van der Waals surface area contributed by atoms with E-state index in [1.54, 1.807) is 24.7 Å². The summed E-state index contributed by atoms with van der Waals surface area (Å²) in [6.07, 6.45) is 4.91. The number of hydrogen-bond acceptors (Lipinski definition) is 3. The Labute approximate surface area is 103 Å². The van der Waals surface area contributed by atoms with Crippen molar-refractivity contribution in [1.82, 2.24) is 14.0 Å². The first-order chi connectivity index (χ1) is 8.84. The molecule has 18 heavy (non-hydrogen) atoms. The lowest BCUT2D eigenvalue weighted by atomic mass is 10.3. The van der Waals surface area contributed by atoms with Gasteiger partial charge in [0.2, 0.25) is 0 Å². The van der Waals surface area contributed by atoms with Gasteiger partial charge >= 0.3 is 5.69 Å². The van der Waals surface area contributed by atoms with E-state index in [1.165, 1.54) is 8.97 Å². The predicted octanol–water partition coefficient (Wildman–Crippen LogP) is 1.53. The molecule has 0 amide bonds.